The Hall–Kier alpha value is -2.57. The molecule has 6 rings (SSSR count). The Labute approximate surface area is 248 Å². The number of rotatable bonds is 4. The third-order valence-electron chi connectivity index (χ3n) is 7.23. The van der Waals surface area contributed by atoms with Crippen LogP contribution in [0, 0.1) is 11.8 Å². The molecule has 0 saturated carbocycles. The molecule has 39 heavy (non-hydrogen) atoms. The van der Waals surface area contributed by atoms with Gasteiger partial charge in [-0.1, -0.05) is 73.0 Å². The van der Waals surface area contributed by atoms with E-state index in [2.05, 4.69) is 40.2 Å². The molecule has 0 atom stereocenters. The van der Waals surface area contributed by atoms with Crippen LogP contribution in [0.15, 0.2) is 77.8 Å². The molecule has 3 aromatic rings. The zero-order valence-electron chi connectivity index (χ0n) is 22.2. The molecule has 2 N–H and O–H groups in total. The summed E-state index contributed by atoms with van der Waals surface area (Å²) in [6.07, 6.45) is 3.94. The largest absolute Gasteiger partial charge is 0.662 e. The number of aliphatic imine (C=N–C) groups is 1. The van der Waals surface area contributed by atoms with E-state index in [4.69, 9.17) is 21.3 Å². The Balaban J connectivity index is 0.000000186. The Morgan fingerprint density at radius 1 is 0.923 bits per heavy atom. The molecule has 0 aliphatic carbocycles. The minimum Gasteiger partial charge on any atom is -0.662 e. The molecule has 0 radical (unpaired) electrons. The minimum atomic E-state index is -0.0706. The van der Waals surface area contributed by atoms with E-state index in [0.29, 0.717) is 12.5 Å². The molecule has 0 amide bonds. The topological polar surface area (TPSA) is 76.8 Å². The summed E-state index contributed by atoms with van der Waals surface area (Å²) >= 11 is 6.17. The number of nitrogens with one attached hydrogen (secondary N) is 2. The maximum Gasteiger partial charge on any atom is 0.309 e. The molecule has 3 aliphatic rings. The van der Waals surface area contributed by atoms with Gasteiger partial charge in [-0.25, -0.2) is 0 Å². The number of benzene rings is 3. The number of anilines is 2. The smallest absolute Gasteiger partial charge is 0.309 e. The van der Waals surface area contributed by atoms with Crippen molar-refractivity contribution in [2.24, 2.45) is 16.8 Å². The number of esters is 1. The summed E-state index contributed by atoms with van der Waals surface area (Å²) < 4.78 is 5.29. The van der Waals surface area contributed by atoms with Crippen molar-refractivity contribution >= 4 is 40.3 Å². The maximum absolute atomic E-state index is 11.7. The maximum atomic E-state index is 11.7. The monoisotopic (exact) mass is 593 g/mol. The third-order valence-corrected chi connectivity index (χ3v) is 7.46. The van der Waals surface area contributed by atoms with Crippen LogP contribution in [0.25, 0.3) is 5.32 Å². The van der Waals surface area contributed by atoms with Crippen LogP contribution >= 0.6 is 11.6 Å². The van der Waals surface area contributed by atoms with Crippen LogP contribution in [0.2, 0.25) is 5.02 Å². The van der Waals surface area contributed by atoms with E-state index >= 15 is 0 Å². The van der Waals surface area contributed by atoms with Crippen molar-refractivity contribution in [3.05, 3.63) is 94.3 Å². The van der Waals surface area contributed by atoms with E-state index < -0.39 is 0 Å². The predicted molar refractivity (Wildman–Crippen MR) is 155 cm³/mol. The molecule has 3 heterocycles. The van der Waals surface area contributed by atoms with Crippen molar-refractivity contribution in [2.75, 3.05) is 31.5 Å². The standard InChI is InChI=1S/C18H18ClN3.C13H16NO2.Zn/c19-13-5-6-16-17(11-13)22-18(12-7-9-20-10-8-12)14-3-1-2-4-15(14)21-16;15-13(12-6-8-14-9-7-12)16-10-11-4-2-1-3-5-11;/h1-6,11-12,20-21H,7-10H2;1-5,12H,6-10H2;/q;-1;. The minimum absolute atomic E-state index is 0. The van der Waals surface area contributed by atoms with Crippen molar-refractivity contribution in [2.45, 2.75) is 32.3 Å². The van der Waals surface area contributed by atoms with E-state index in [1.165, 1.54) is 11.3 Å². The van der Waals surface area contributed by atoms with Gasteiger partial charge in [-0.3, -0.25) is 9.79 Å². The first-order chi connectivity index (χ1) is 18.7. The summed E-state index contributed by atoms with van der Waals surface area (Å²) in [4.78, 5) is 16.7. The molecule has 6 nitrogen and oxygen atoms in total. The summed E-state index contributed by atoms with van der Waals surface area (Å²) in [6, 6.07) is 24.0. The van der Waals surface area contributed by atoms with Gasteiger partial charge < -0.3 is 20.7 Å². The van der Waals surface area contributed by atoms with Gasteiger partial charge in [0.2, 0.25) is 0 Å². The number of carbonyl (C=O) groups is 1. The van der Waals surface area contributed by atoms with E-state index in [-0.39, 0.29) is 31.4 Å². The first-order valence-electron chi connectivity index (χ1n) is 13.5. The molecule has 3 aromatic carbocycles. The zero-order chi connectivity index (χ0) is 26.2. The summed E-state index contributed by atoms with van der Waals surface area (Å²) in [5, 5.41) is 11.9. The quantitative estimate of drug-likeness (QED) is 0.251. The number of carbonyl (C=O) groups excluding carboxylic acids is 1. The van der Waals surface area contributed by atoms with E-state index in [1.807, 2.05) is 48.5 Å². The van der Waals surface area contributed by atoms with Crippen LogP contribution in [0.4, 0.5) is 17.1 Å². The molecule has 3 aliphatic heterocycles. The van der Waals surface area contributed by atoms with Crippen LogP contribution in [0.1, 0.15) is 36.8 Å². The van der Waals surface area contributed by atoms with Gasteiger partial charge in [0, 0.05) is 41.7 Å². The summed E-state index contributed by atoms with van der Waals surface area (Å²) in [5.41, 5.74) is 6.50. The van der Waals surface area contributed by atoms with E-state index in [1.54, 1.807) is 0 Å². The molecular weight excluding hydrogens is 561 g/mol. The summed E-state index contributed by atoms with van der Waals surface area (Å²) in [6.45, 7) is 4.09. The van der Waals surface area contributed by atoms with Crippen LogP contribution in [-0.2, 0) is 35.6 Å². The molecule has 0 bridgehead atoms. The van der Waals surface area contributed by atoms with Crippen molar-refractivity contribution in [3.63, 3.8) is 0 Å². The normalized spacial score (nSPS) is 17.0. The van der Waals surface area contributed by atoms with Crippen LogP contribution < -0.4 is 10.6 Å². The van der Waals surface area contributed by atoms with Crippen molar-refractivity contribution in [1.82, 2.24) is 5.32 Å². The molecular formula is C31H34ClN4O2Zn-. The number of para-hydroxylation sites is 1. The van der Waals surface area contributed by atoms with Crippen LogP contribution in [-0.4, -0.2) is 37.9 Å². The molecule has 2 saturated heterocycles. The zero-order valence-corrected chi connectivity index (χ0v) is 26.0. The fraction of sp³-hybridized carbons (Fsp3) is 0.355. The third kappa shape index (κ3) is 7.98. The number of piperidine rings is 2. The summed E-state index contributed by atoms with van der Waals surface area (Å²) in [7, 11) is 0. The van der Waals surface area contributed by atoms with Gasteiger partial charge in [-0.15, -0.1) is 13.1 Å². The van der Waals surface area contributed by atoms with E-state index in [9.17, 15) is 4.79 Å². The fourth-order valence-corrected chi connectivity index (χ4v) is 5.26. The number of nitrogens with zero attached hydrogens (tertiary/aromatic N) is 2. The number of halogens is 1. The second-order valence-electron chi connectivity index (χ2n) is 9.89. The molecule has 0 spiro atoms. The number of hydrogen-bond donors (Lipinski definition) is 2. The van der Waals surface area contributed by atoms with Crippen molar-refractivity contribution < 1.29 is 29.0 Å². The van der Waals surface area contributed by atoms with Gasteiger partial charge >= 0.3 is 5.97 Å². The summed E-state index contributed by atoms with van der Waals surface area (Å²) in [5.74, 6) is 0.481. The number of ether oxygens (including phenoxy) is 1. The van der Waals surface area contributed by atoms with Gasteiger partial charge in [-0.05, 0) is 55.8 Å². The molecule has 200 valence electrons. The van der Waals surface area contributed by atoms with E-state index in [0.717, 1.165) is 79.5 Å². The molecule has 0 aromatic heterocycles. The number of fused-ring (bicyclic) bond motifs is 2. The first kappa shape index (κ1) is 29.4. The van der Waals surface area contributed by atoms with Gasteiger partial charge in [0.25, 0.3) is 0 Å². The van der Waals surface area contributed by atoms with Gasteiger partial charge in [-0.2, -0.15) is 0 Å². The van der Waals surface area contributed by atoms with Gasteiger partial charge in [0.05, 0.1) is 23.0 Å². The second kappa shape index (κ2) is 14.7. The van der Waals surface area contributed by atoms with Gasteiger partial charge in [0.15, 0.2) is 0 Å². The van der Waals surface area contributed by atoms with Crippen molar-refractivity contribution in [1.29, 1.82) is 0 Å². The fourth-order valence-electron chi connectivity index (χ4n) is 5.09. The Morgan fingerprint density at radius 3 is 2.41 bits per heavy atom. The SMILES string of the molecule is Clc1ccc2c(c1)N=C(C1CCNCC1)c1ccccc1N2.O=C(OCc1ccccc1)C1CC[N-]CC1.[Zn]. The molecule has 0 unspecified atom stereocenters. The van der Waals surface area contributed by atoms with Crippen LogP contribution in [0.3, 0.4) is 0 Å². The predicted octanol–water partition coefficient (Wildman–Crippen LogP) is 7.03. The average Bonchev–Trinajstić information content (AvgIpc) is 3.14. The van der Waals surface area contributed by atoms with Gasteiger partial charge in [0.1, 0.15) is 6.61 Å². The molecule has 8 heteroatoms. The Morgan fingerprint density at radius 2 is 1.64 bits per heavy atom. The average molecular weight is 595 g/mol. The first-order valence-corrected chi connectivity index (χ1v) is 13.8. The van der Waals surface area contributed by atoms with Crippen LogP contribution in [0.5, 0.6) is 0 Å². The van der Waals surface area contributed by atoms with Crippen molar-refractivity contribution in [3.8, 4) is 0 Å². The Bertz CT molecular complexity index is 1260. The number of hydrogen-bond acceptors (Lipinski definition) is 5. The molecule has 2 fully saturated rings. The Kier molecular flexibility index (Phi) is 11.1. The second-order valence-corrected chi connectivity index (χ2v) is 10.3.